The van der Waals surface area contributed by atoms with Gasteiger partial charge in [0.25, 0.3) is 0 Å². The van der Waals surface area contributed by atoms with Crippen LogP contribution in [0, 0.1) is 5.82 Å². The fraction of sp³-hybridized carbons (Fsp3) is 0.0909. The second-order valence-electron chi connectivity index (χ2n) is 3.17. The first-order valence-corrected chi connectivity index (χ1v) is 7.38. The summed E-state index contributed by atoms with van der Waals surface area (Å²) in [6.07, 6.45) is 0. The lowest BCUT2D eigenvalue weighted by Gasteiger charge is -2.09. The Morgan fingerprint density at radius 1 is 1.31 bits per heavy atom. The molecule has 1 unspecified atom stereocenters. The van der Waals surface area contributed by atoms with Crippen molar-refractivity contribution in [2.24, 2.45) is 0 Å². The average Bonchev–Trinajstić information content (AvgIpc) is 2.67. The van der Waals surface area contributed by atoms with E-state index in [0.717, 1.165) is 15.5 Å². The number of alkyl halides is 1. The Balaban J connectivity index is 2.38. The first kappa shape index (κ1) is 12.6. The number of hydrogen-bond acceptors (Lipinski definition) is 1. The minimum atomic E-state index is -0.263. The standard InChI is InChI=1S/C11H6Br2ClFS/c12-7-5-6(1-2-9(7)15)10(13)11-8(14)3-4-16-11/h1-5,10H. The molecule has 0 aliphatic carbocycles. The van der Waals surface area contributed by atoms with E-state index < -0.39 is 0 Å². The van der Waals surface area contributed by atoms with Crippen molar-refractivity contribution >= 4 is 54.8 Å². The molecule has 2 aromatic rings. The van der Waals surface area contributed by atoms with Gasteiger partial charge in [-0.25, -0.2) is 4.39 Å². The summed E-state index contributed by atoms with van der Waals surface area (Å²) in [6.45, 7) is 0. The third kappa shape index (κ3) is 2.50. The van der Waals surface area contributed by atoms with Crippen LogP contribution in [0.15, 0.2) is 34.1 Å². The third-order valence-electron chi connectivity index (χ3n) is 2.11. The molecule has 0 fully saturated rings. The quantitative estimate of drug-likeness (QED) is 0.575. The van der Waals surface area contributed by atoms with Crippen molar-refractivity contribution < 1.29 is 4.39 Å². The summed E-state index contributed by atoms with van der Waals surface area (Å²) in [6, 6.07) is 6.80. The van der Waals surface area contributed by atoms with E-state index in [4.69, 9.17) is 11.6 Å². The predicted molar refractivity (Wildman–Crippen MR) is 74.2 cm³/mol. The maximum Gasteiger partial charge on any atom is 0.137 e. The van der Waals surface area contributed by atoms with E-state index in [1.165, 1.54) is 6.07 Å². The van der Waals surface area contributed by atoms with Crippen molar-refractivity contribution in [3.8, 4) is 0 Å². The van der Waals surface area contributed by atoms with Crippen LogP contribution in [0.1, 0.15) is 15.3 Å². The minimum Gasteiger partial charge on any atom is -0.206 e. The maximum absolute atomic E-state index is 13.1. The smallest absolute Gasteiger partial charge is 0.137 e. The highest BCUT2D eigenvalue weighted by molar-refractivity contribution is 9.10. The summed E-state index contributed by atoms with van der Waals surface area (Å²) in [5, 5.41) is 2.66. The summed E-state index contributed by atoms with van der Waals surface area (Å²) in [5.74, 6) is -0.263. The highest BCUT2D eigenvalue weighted by Gasteiger charge is 2.16. The Labute approximate surface area is 119 Å². The van der Waals surface area contributed by atoms with Gasteiger partial charge in [0.1, 0.15) is 5.82 Å². The predicted octanol–water partition coefficient (Wildman–Crippen LogP) is 5.79. The van der Waals surface area contributed by atoms with Gasteiger partial charge >= 0.3 is 0 Å². The number of halogens is 4. The number of thiophene rings is 1. The lowest BCUT2D eigenvalue weighted by atomic mass is 10.1. The fourth-order valence-corrected chi connectivity index (χ4v) is 3.86. The van der Waals surface area contributed by atoms with E-state index in [1.54, 1.807) is 23.5 Å². The van der Waals surface area contributed by atoms with Crippen LogP contribution in [0.2, 0.25) is 5.02 Å². The summed E-state index contributed by atoms with van der Waals surface area (Å²) in [4.78, 5) is 1.03. The van der Waals surface area contributed by atoms with Crippen LogP contribution in [0.25, 0.3) is 0 Å². The molecule has 5 heteroatoms. The van der Waals surface area contributed by atoms with Crippen molar-refractivity contribution in [3.05, 3.63) is 55.4 Å². The largest absolute Gasteiger partial charge is 0.206 e. The first-order chi connectivity index (χ1) is 7.59. The van der Waals surface area contributed by atoms with E-state index in [0.29, 0.717) is 4.47 Å². The van der Waals surface area contributed by atoms with E-state index in [9.17, 15) is 4.39 Å². The maximum atomic E-state index is 13.1. The molecule has 0 saturated heterocycles. The number of benzene rings is 1. The van der Waals surface area contributed by atoms with Gasteiger partial charge in [0.15, 0.2) is 0 Å². The second kappa shape index (κ2) is 5.17. The van der Waals surface area contributed by atoms with Gasteiger partial charge in [-0.3, -0.25) is 0 Å². The normalized spacial score (nSPS) is 12.8. The molecular weight excluding hydrogens is 378 g/mol. The molecule has 1 atom stereocenters. The fourth-order valence-electron chi connectivity index (χ4n) is 1.31. The monoisotopic (exact) mass is 382 g/mol. The topological polar surface area (TPSA) is 0 Å². The van der Waals surface area contributed by atoms with Gasteiger partial charge in [0, 0.05) is 4.88 Å². The minimum absolute atomic E-state index is 0.00287. The highest BCUT2D eigenvalue weighted by Crippen LogP contribution is 2.39. The molecule has 84 valence electrons. The van der Waals surface area contributed by atoms with Crippen LogP contribution in [0.3, 0.4) is 0 Å². The molecule has 0 nitrogen and oxygen atoms in total. The van der Waals surface area contributed by atoms with Gasteiger partial charge in [-0.05, 0) is 45.1 Å². The molecule has 2 rings (SSSR count). The Bertz CT molecular complexity index is 512. The molecule has 16 heavy (non-hydrogen) atoms. The summed E-state index contributed by atoms with van der Waals surface area (Å²) in [7, 11) is 0. The SMILES string of the molecule is Fc1ccc(C(Br)c2sccc2Cl)cc1Br. The van der Waals surface area contributed by atoms with Gasteiger partial charge in [-0.2, -0.15) is 0 Å². The number of hydrogen-bond donors (Lipinski definition) is 0. The second-order valence-corrected chi connectivity index (χ2v) is 6.29. The third-order valence-corrected chi connectivity index (χ3v) is 5.43. The lowest BCUT2D eigenvalue weighted by molar-refractivity contribution is 0.620. The zero-order valence-corrected chi connectivity index (χ0v) is 12.6. The van der Waals surface area contributed by atoms with Gasteiger partial charge < -0.3 is 0 Å². The Kier molecular flexibility index (Phi) is 4.06. The molecule has 1 heterocycles. The van der Waals surface area contributed by atoms with Crippen LogP contribution in [-0.2, 0) is 0 Å². The van der Waals surface area contributed by atoms with E-state index in [2.05, 4.69) is 31.9 Å². The van der Waals surface area contributed by atoms with Gasteiger partial charge in [0.2, 0.25) is 0 Å². The average molecular weight is 384 g/mol. The Morgan fingerprint density at radius 2 is 2.06 bits per heavy atom. The van der Waals surface area contributed by atoms with E-state index in [-0.39, 0.29) is 10.6 Å². The molecule has 0 amide bonds. The van der Waals surface area contributed by atoms with Crippen LogP contribution < -0.4 is 0 Å². The van der Waals surface area contributed by atoms with Crippen LogP contribution in [0.5, 0.6) is 0 Å². The Morgan fingerprint density at radius 3 is 2.62 bits per heavy atom. The van der Waals surface area contributed by atoms with E-state index >= 15 is 0 Å². The highest BCUT2D eigenvalue weighted by atomic mass is 79.9. The molecular formula is C11H6Br2ClFS. The van der Waals surface area contributed by atoms with Crippen molar-refractivity contribution in [2.45, 2.75) is 4.83 Å². The summed E-state index contributed by atoms with van der Waals surface area (Å²) in [5.41, 5.74) is 0.970. The number of rotatable bonds is 2. The van der Waals surface area contributed by atoms with E-state index in [1.807, 2.05) is 11.4 Å². The summed E-state index contributed by atoms with van der Waals surface area (Å²) >= 11 is 14.4. The molecule has 0 aliphatic heterocycles. The molecule has 0 N–H and O–H groups in total. The molecule has 1 aromatic heterocycles. The van der Waals surface area contributed by atoms with Crippen molar-refractivity contribution in [2.75, 3.05) is 0 Å². The zero-order chi connectivity index (χ0) is 11.7. The van der Waals surface area contributed by atoms with Crippen LogP contribution in [0.4, 0.5) is 4.39 Å². The van der Waals surface area contributed by atoms with Crippen molar-refractivity contribution in [3.63, 3.8) is 0 Å². The summed E-state index contributed by atoms with van der Waals surface area (Å²) < 4.78 is 13.6. The lowest BCUT2D eigenvalue weighted by Crippen LogP contribution is -1.91. The van der Waals surface area contributed by atoms with Gasteiger partial charge in [-0.1, -0.05) is 33.6 Å². The molecule has 0 radical (unpaired) electrons. The molecule has 0 aliphatic rings. The molecule has 0 bridgehead atoms. The molecule has 0 spiro atoms. The molecule has 1 aromatic carbocycles. The zero-order valence-electron chi connectivity index (χ0n) is 7.88. The van der Waals surface area contributed by atoms with Gasteiger partial charge in [-0.15, -0.1) is 11.3 Å². The van der Waals surface area contributed by atoms with Gasteiger partial charge in [0.05, 0.1) is 14.3 Å². The van der Waals surface area contributed by atoms with Crippen molar-refractivity contribution in [1.29, 1.82) is 0 Å². The van der Waals surface area contributed by atoms with Crippen LogP contribution in [-0.4, -0.2) is 0 Å². The first-order valence-electron chi connectivity index (χ1n) is 4.41. The Hall–Kier alpha value is 0.1000. The van der Waals surface area contributed by atoms with Crippen LogP contribution >= 0.6 is 54.8 Å². The molecule has 0 saturated carbocycles. The van der Waals surface area contributed by atoms with Crippen molar-refractivity contribution in [1.82, 2.24) is 0 Å².